The van der Waals surface area contributed by atoms with Crippen LogP contribution in [0.4, 0.5) is 0 Å². The molecule has 2 nitrogen and oxygen atoms in total. The lowest BCUT2D eigenvalue weighted by Crippen LogP contribution is -2.29. The summed E-state index contributed by atoms with van der Waals surface area (Å²) in [5.41, 5.74) is 8.27. The van der Waals surface area contributed by atoms with Crippen LogP contribution in [0, 0.1) is 0 Å². The van der Waals surface area contributed by atoms with Crippen LogP contribution in [0.2, 0.25) is 5.02 Å². The molecule has 2 N–H and O–H groups in total. The first-order valence-electron chi connectivity index (χ1n) is 6.98. The van der Waals surface area contributed by atoms with Gasteiger partial charge < -0.3 is 10.5 Å². The number of hydrogen-bond donors (Lipinski definition) is 1. The van der Waals surface area contributed by atoms with Crippen LogP contribution in [-0.4, -0.2) is 6.04 Å². The van der Waals surface area contributed by atoms with Crippen molar-refractivity contribution in [2.45, 2.75) is 32.1 Å². The minimum absolute atomic E-state index is 0.0830. The summed E-state index contributed by atoms with van der Waals surface area (Å²) in [7, 11) is 0. The molecule has 0 spiro atoms. The Kier molecular flexibility index (Phi) is 6.24. The van der Waals surface area contributed by atoms with Gasteiger partial charge in [-0.15, -0.1) is 0 Å². The molecule has 0 aliphatic heterocycles. The summed E-state index contributed by atoms with van der Waals surface area (Å²) in [6, 6.07) is 15.7. The molecule has 0 saturated heterocycles. The van der Waals surface area contributed by atoms with Gasteiger partial charge in [0.25, 0.3) is 0 Å². The third-order valence-corrected chi connectivity index (χ3v) is 4.29. The van der Waals surface area contributed by atoms with E-state index < -0.39 is 0 Å². The van der Waals surface area contributed by atoms with Crippen LogP contribution in [0.25, 0.3) is 0 Å². The monoisotopic (exact) mass is 367 g/mol. The Labute approximate surface area is 139 Å². The Morgan fingerprint density at radius 3 is 2.43 bits per heavy atom. The molecule has 0 aliphatic rings. The van der Waals surface area contributed by atoms with Gasteiger partial charge in [-0.25, -0.2) is 0 Å². The Balaban J connectivity index is 2.14. The maximum Gasteiger partial charge on any atom is 0.0994 e. The maximum atomic E-state index is 6.28. The molecule has 0 fully saturated rings. The molecule has 112 valence electrons. The molecule has 2 aromatic rings. The Bertz CT molecular complexity index is 573. The summed E-state index contributed by atoms with van der Waals surface area (Å²) in [5.74, 6) is 0. The Morgan fingerprint density at radius 1 is 1.14 bits per heavy atom. The smallest absolute Gasteiger partial charge is 0.0994 e. The van der Waals surface area contributed by atoms with Gasteiger partial charge in [-0.1, -0.05) is 64.8 Å². The van der Waals surface area contributed by atoms with E-state index in [2.05, 4.69) is 22.9 Å². The molecular weight excluding hydrogens is 350 g/mol. The Morgan fingerprint density at radius 2 is 1.81 bits per heavy atom. The maximum absolute atomic E-state index is 6.28. The molecule has 0 aromatic heterocycles. The molecule has 4 heteroatoms. The molecule has 21 heavy (non-hydrogen) atoms. The SMILES string of the molecule is CCC(N)C(OCc1ccc(Br)cc1)c1ccccc1Cl. The van der Waals surface area contributed by atoms with Crippen molar-refractivity contribution in [2.24, 2.45) is 5.73 Å². The lowest BCUT2D eigenvalue weighted by Gasteiger charge is -2.25. The van der Waals surface area contributed by atoms with E-state index in [9.17, 15) is 0 Å². The molecule has 0 aliphatic carbocycles. The van der Waals surface area contributed by atoms with E-state index in [0.29, 0.717) is 11.6 Å². The lowest BCUT2D eigenvalue weighted by molar-refractivity contribution is 0.0213. The molecule has 0 amide bonds. The van der Waals surface area contributed by atoms with E-state index in [-0.39, 0.29) is 12.1 Å². The molecule has 2 atom stereocenters. The van der Waals surface area contributed by atoms with Gasteiger partial charge in [-0.3, -0.25) is 0 Å². The average molecular weight is 369 g/mol. The van der Waals surface area contributed by atoms with Gasteiger partial charge in [0, 0.05) is 21.1 Å². The number of ether oxygens (including phenoxy) is 1. The van der Waals surface area contributed by atoms with Crippen LogP contribution in [-0.2, 0) is 11.3 Å². The molecule has 0 saturated carbocycles. The molecule has 2 rings (SSSR count). The Hall–Kier alpha value is -0.870. The average Bonchev–Trinajstić information content (AvgIpc) is 2.50. The van der Waals surface area contributed by atoms with Crippen molar-refractivity contribution in [2.75, 3.05) is 0 Å². The van der Waals surface area contributed by atoms with Crippen molar-refractivity contribution < 1.29 is 4.74 Å². The van der Waals surface area contributed by atoms with E-state index in [1.807, 2.05) is 48.5 Å². The normalized spacial score (nSPS) is 13.9. The minimum atomic E-state index is -0.202. The fraction of sp³-hybridized carbons (Fsp3) is 0.294. The van der Waals surface area contributed by atoms with Crippen molar-refractivity contribution in [3.63, 3.8) is 0 Å². The van der Waals surface area contributed by atoms with Gasteiger partial charge in [0.1, 0.15) is 0 Å². The molecule has 0 bridgehead atoms. The quantitative estimate of drug-likeness (QED) is 0.770. The fourth-order valence-corrected chi connectivity index (χ4v) is 2.64. The van der Waals surface area contributed by atoms with Crippen LogP contribution in [0.3, 0.4) is 0 Å². The van der Waals surface area contributed by atoms with E-state index in [0.717, 1.165) is 22.0 Å². The molecule has 0 radical (unpaired) electrons. The summed E-state index contributed by atoms with van der Waals surface area (Å²) >= 11 is 9.71. The number of benzene rings is 2. The zero-order valence-electron chi connectivity index (χ0n) is 11.9. The topological polar surface area (TPSA) is 35.2 Å². The number of rotatable bonds is 6. The summed E-state index contributed by atoms with van der Waals surface area (Å²) < 4.78 is 7.12. The van der Waals surface area contributed by atoms with Crippen LogP contribution < -0.4 is 5.73 Å². The second-order valence-corrected chi connectivity index (χ2v) is 6.27. The number of hydrogen-bond acceptors (Lipinski definition) is 2. The van der Waals surface area contributed by atoms with Gasteiger partial charge in [0.2, 0.25) is 0 Å². The van der Waals surface area contributed by atoms with E-state index in [1.54, 1.807) is 0 Å². The first-order chi connectivity index (χ1) is 10.1. The summed E-state index contributed by atoms with van der Waals surface area (Å²) in [5, 5.41) is 0.696. The molecular formula is C17H19BrClNO. The predicted molar refractivity (Wildman–Crippen MR) is 91.4 cm³/mol. The van der Waals surface area contributed by atoms with Crippen molar-refractivity contribution in [1.82, 2.24) is 0 Å². The van der Waals surface area contributed by atoms with E-state index in [4.69, 9.17) is 22.1 Å². The van der Waals surface area contributed by atoms with Crippen molar-refractivity contribution >= 4 is 27.5 Å². The van der Waals surface area contributed by atoms with Gasteiger partial charge >= 0.3 is 0 Å². The second-order valence-electron chi connectivity index (χ2n) is 4.95. The largest absolute Gasteiger partial charge is 0.367 e. The van der Waals surface area contributed by atoms with Crippen LogP contribution in [0.15, 0.2) is 53.0 Å². The predicted octanol–water partition coefficient (Wildman–Crippen LogP) is 5.10. The molecule has 2 unspecified atom stereocenters. The highest BCUT2D eigenvalue weighted by Crippen LogP contribution is 2.29. The van der Waals surface area contributed by atoms with Gasteiger partial charge in [-0.05, 0) is 30.2 Å². The number of nitrogens with two attached hydrogens (primary N) is 1. The zero-order chi connectivity index (χ0) is 15.2. The van der Waals surface area contributed by atoms with Crippen LogP contribution >= 0.6 is 27.5 Å². The van der Waals surface area contributed by atoms with Crippen molar-refractivity contribution in [1.29, 1.82) is 0 Å². The van der Waals surface area contributed by atoms with Crippen LogP contribution in [0.5, 0.6) is 0 Å². The molecule has 2 aromatic carbocycles. The highest BCUT2D eigenvalue weighted by molar-refractivity contribution is 9.10. The first kappa shape index (κ1) is 16.5. The summed E-state index contributed by atoms with van der Waals surface area (Å²) in [4.78, 5) is 0. The van der Waals surface area contributed by atoms with Crippen molar-refractivity contribution in [3.05, 3.63) is 69.2 Å². The first-order valence-corrected chi connectivity index (χ1v) is 8.15. The summed E-state index contributed by atoms with van der Waals surface area (Å²) in [6.07, 6.45) is 0.628. The van der Waals surface area contributed by atoms with E-state index in [1.165, 1.54) is 0 Å². The van der Waals surface area contributed by atoms with Crippen LogP contribution in [0.1, 0.15) is 30.6 Å². The van der Waals surface area contributed by atoms with Crippen molar-refractivity contribution in [3.8, 4) is 0 Å². The fourth-order valence-electron chi connectivity index (χ4n) is 2.13. The van der Waals surface area contributed by atoms with Gasteiger partial charge in [0.15, 0.2) is 0 Å². The third kappa shape index (κ3) is 4.55. The minimum Gasteiger partial charge on any atom is -0.367 e. The molecule has 0 heterocycles. The highest BCUT2D eigenvalue weighted by Gasteiger charge is 2.21. The van der Waals surface area contributed by atoms with E-state index >= 15 is 0 Å². The van der Waals surface area contributed by atoms with Gasteiger partial charge in [-0.2, -0.15) is 0 Å². The highest BCUT2D eigenvalue weighted by atomic mass is 79.9. The second kappa shape index (κ2) is 7.95. The third-order valence-electron chi connectivity index (χ3n) is 3.41. The summed E-state index contributed by atoms with van der Waals surface area (Å²) in [6.45, 7) is 2.56. The number of halogens is 2. The standard InChI is InChI=1S/C17H19BrClNO/c1-2-16(20)17(14-5-3-4-6-15(14)19)21-11-12-7-9-13(18)10-8-12/h3-10,16-17H,2,11,20H2,1H3. The zero-order valence-corrected chi connectivity index (χ0v) is 14.3. The van der Waals surface area contributed by atoms with Gasteiger partial charge in [0.05, 0.1) is 12.7 Å². The lowest BCUT2D eigenvalue weighted by atomic mass is 10.0.